The van der Waals surface area contributed by atoms with E-state index >= 15 is 0 Å². The van der Waals surface area contributed by atoms with Crippen molar-refractivity contribution in [1.82, 2.24) is 29.7 Å². The van der Waals surface area contributed by atoms with Crippen LogP contribution in [-0.4, -0.2) is 63.0 Å². The van der Waals surface area contributed by atoms with Crippen molar-refractivity contribution in [3.63, 3.8) is 0 Å². The number of nitrogens with one attached hydrogen (secondary N) is 1. The molecule has 1 N–H and O–H groups in total. The van der Waals surface area contributed by atoms with Crippen molar-refractivity contribution in [2.24, 2.45) is 11.8 Å². The van der Waals surface area contributed by atoms with Gasteiger partial charge in [0.05, 0.1) is 5.92 Å². The lowest BCUT2D eigenvalue weighted by Crippen LogP contribution is -2.45. The van der Waals surface area contributed by atoms with Crippen LogP contribution in [0.3, 0.4) is 0 Å². The van der Waals surface area contributed by atoms with Crippen LogP contribution in [0.15, 0.2) is 30.6 Å². The largest absolute Gasteiger partial charge is 0.356 e. The first-order valence-corrected chi connectivity index (χ1v) is 14.6. The van der Waals surface area contributed by atoms with Gasteiger partial charge in [-0.05, 0) is 70.0 Å². The molecule has 3 aliphatic heterocycles. The molecule has 1 unspecified atom stereocenters. The van der Waals surface area contributed by atoms with Crippen molar-refractivity contribution in [2.45, 2.75) is 71.4 Å². The molecular formula is C30H41N7O. The molecule has 2 saturated heterocycles. The lowest BCUT2D eigenvalue weighted by molar-refractivity contribution is -0.125. The van der Waals surface area contributed by atoms with E-state index in [0.29, 0.717) is 12.5 Å². The molecule has 1 amide bonds. The molecule has 1 atom stereocenters. The number of aromatic nitrogens is 4. The Morgan fingerprint density at radius 1 is 1.03 bits per heavy atom. The van der Waals surface area contributed by atoms with Crippen LogP contribution in [0.25, 0.3) is 11.2 Å². The second kappa shape index (κ2) is 11.4. The van der Waals surface area contributed by atoms with Crippen molar-refractivity contribution < 1.29 is 4.79 Å². The molecule has 0 bridgehead atoms. The molecule has 3 aliphatic rings. The summed E-state index contributed by atoms with van der Waals surface area (Å²) in [5, 5.41) is 3.31. The number of carbonyl (C=O) groups is 1. The van der Waals surface area contributed by atoms with E-state index in [2.05, 4.69) is 60.8 Å². The Morgan fingerprint density at radius 2 is 1.92 bits per heavy atom. The lowest BCUT2D eigenvalue weighted by Gasteiger charge is -2.34. The van der Waals surface area contributed by atoms with Gasteiger partial charge in [-0.15, -0.1) is 0 Å². The molecule has 2 fully saturated rings. The number of benzene rings is 1. The van der Waals surface area contributed by atoms with Crippen molar-refractivity contribution in [3.8, 4) is 0 Å². The van der Waals surface area contributed by atoms with Gasteiger partial charge in [-0.2, -0.15) is 0 Å². The second-order valence-electron chi connectivity index (χ2n) is 11.6. The molecule has 5 heterocycles. The van der Waals surface area contributed by atoms with E-state index in [9.17, 15) is 4.79 Å². The Bertz CT molecular complexity index is 1260. The topological polar surface area (TPSA) is 79.2 Å². The summed E-state index contributed by atoms with van der Waals surface area (Å²) in [6, 6.07) is 8.82. The quantitative estimate of drug-likeness (QED) is 0.532. The average Bonchev–Trinajstić information content (AvgIpc) is 3.13. The minimum atomic E-state index is -0.00406. The summed E-state index contributed by atoms with van der Waals surface area (Å²) < 4.78 is 2.29. The summed E-state index contributed by atoms with van der Waals surface area (Å²) >= 11 is 0. The first-order valence-electron chi connectivity index (χ1n) is 14.6. The van der Waals surface area contributed by atoms with Gasteiger partial charge in [0.2, 0.25) is 5.91 Å². The van der Waals surface area contributed by atoms with Crippen LogP contribution in [0.2, 0.25) is 0 Å². The maximum atomic E-state index is 13.2. The van der Waals surface area contributed by atoms with E-state index in [-0.39, 0.29) is 11.8 Å². The lowest BCUT2D eigenvalue weighted by atomic mass is 9.94. The van der Waals surface area contributed by atoms with E-state index in [0.717, 1.165) is 94.2 Å². The monoisotopic (exact) mass is 515 g/mol. The minimum Gasteiger partial charge on any atom is -0.356 e. The molecule has 1 aromatic carbocycles. The number of carbonyl (C=O) groups excluding carboxylic acids is 1. The van der Waals surface area contributed by atoms with Crippen LogP contribution in [0.5, 0.6) is 0 Å². The Kier molecular flexibility index (Phi) is 7.58. The van der Waals surface area contributed by atoms with Crippen LogP contribution in [0.1, 0.15) is 61.9 Å². The van der Waals surface area contributed by atoms with E-state index in [4.69, 9.17) is 4.98 Å². The number of rotatable bonds is 6. The highest BCUT2D eigenvalue weighted by Gasteiger charge is 2.30. The Hall–Kier alpha value is -3.00. The first-order chi connectivity index (χ1) is 18.6. The number of aryl methyl sites for hydroxylation is 3. The average molecular weight is 516 g/mol. The Balaban J connectivity index is 1.02. The Labute approximate surface area is 225 Å². The minimum absolute atomic E-state index is 0.00406. The smallest absolute Gasteiger partial charge is 0.224 e. The molecule has 202 valence electrons. The zero-order valence-electron chi connectivity index (χ0n) is 22.7. The fourth-order valence-electron chi connectivity index (χ4n) is 6.55. The number of likely N-dealkylation sites (tertiary alicyclic amines) is 1. The zero-order valence-corrected chi connectivity index (χ0v) is 22.7. The van der Waals surface area contributed by atoms with Gasteiger partial charge in [0.25, 0.3) is 0 Å². The highest BCUT2D eigenvalue weighted by molar-refractivity contribution is 5.85. The van der Waals surface area contributed by atoms with E-state index in [1.54, 1.807) is 6.33 Å². The zero-order chi connectivity index (χ0) is 25.9. The maximum Gasteiger partial charge on any atom is 0.224 e. The van der Waals surface area contributed by atoms with E-state index in [1.165, 1.54) is 30.4 Å². The van der Waals surface area contributed by atoms with Gasteiger partial charge in [-0.3, -0.25) is 9.69 Å². The third-order valence-electron chi connectivity index (χ3n) is 8.73. The third-order valence-corrected chi connectivity index (χ3v) is 8.73. The molecule has 0 aliphatic carbocycles. The van der Waals surface area contributed by atoms with Crippen LogP contribution in [0, 0.1) is 18.8 Å². The number of hydrogen-bond acceptors (Lipinski definition) is 6. The molecule has 3 aromatic rings. The summed E-state index contributed by atoms with van der Waals surface area (Å²) in [5.41, 5.74) is 4.57. The molecule has 0 saturated carbocycles. The fourth-order valence-corrected chi connectivity index (χ4v) is 6.55. The Morgan fingerprint density at radius 3 is 2.79 bits per heavy atom. The van der Waals surface area contributed by atoms with Gasteiger partial charge in [0.15, 0.2) is 17.0 Å². The molecule has 2 aromatic heterocycles. The third kappa shape index (κ3) is 5.55. The summed E-state index contributed by atoms with van der Waals surface area (Å²) in [5.74, 6) is 2.79. The van der Waals surface area contributed by atoms with Crippen molar-refractivity contribution >= 4 is 22.9 Å². The van der Waals surface area contributed by atoms with Gasteiger partial charge in [0, 0.05) is 39.1 Å². The summed E-state index contributed by atoms with van der Waals surface area (Å²) in [6.45, 7) is 8.77. The molecular weight excluding hydrogens is 474 g/mol. The second-order valence-corrected chi connectivity index (χ2v) is 11.6. The maximum absolute atomic E-state index is 13.2. The predicted molar refractivity (Wildman–Crippen MR) is 150 cm³/mol. The number of hydrogen-bond donors (Lipinski definition) is 1. The normalized spacial score (nSPS) is 21.3. The molecule has 6 rings (SSSR count). The summed E-state index contributed by atoms with van der Waals surface area (Å²) in [6.07, 6.45) is 10.5. The summed E-state index contributed by atoms with van der Waals surface area (Å²) in [4.78, 5) is 32.3. The number of piperidine rings is 2. The van der Waals surface area contributed by atoms with E-state index < -0.39 is 0 Å². The molecule has 8 nitrogen and oxygen atoms in total. The van der Waals surface area contributed by atoms with Crippen molar-refractivity contribution in [2.75, 3.05) is 37.6 Å². The van der Waals surface area contributed by atoms with E-state index in [1.807, 2.05) is 0 Å². The number of imidazole rings is 1. The molecule has 8 heteroatoms. The molecule has 0 radical (unpaired) electrons. The number of fused-ring (bicyclic) bond motifs is 3. The van der Waals surface area contributed by atoms with Gasteiger partial charge in [-0.1, -0.05) is 36.2 Å². The highest BCUT2D eigenvalue weighted by atomic mass is 16.1. The van der Waals surface area contributed by atoms with Gasteiger partial charge >= 0.3 is 0 Å². The number of amides is 1. The van der Waals surface area contributed by atoms with Crippen LogP contribution in [-0.2, 0) is 24.3 Å². The van der Waals surface area contributed by atoms with Gasteiger partial charge in [0.1, 0.15) is 12.2 Å². The van der Waals surface area contributed by atoms with Crippen LogP contribution >= 0.6 is 0 Å². The highest BCUT2D eigenvalue weighted by Crippen LogP contribution is 2.29. The molecule has 0 spiro atoms. The first kappa shape index (κ1) is 25.3. The van der Waals surface area contributed by atoms with Gasteiger partial charge in [-0.25, -0.2) is 15.0 Å². The standard InChI is InChI=1S/C30H41N7O/c1-22-7-5-8-24(17-22)19-35-15-11-23(12-16-35)18-31-30(38)25-9-6-13-36(20-25)28-27-29(33-21-32-28)37-14-4-2-3-10-26(37)34-27/h5,7-8,17,21,23,25H,2-4,6,9-16,18-20H2,1H3,(H,31,38). The predicted octanol–water partition coefficient (Wildman–Crippen LogP) is 4.11. The van der Waals surface area contributed by atoms with Crippen LogP contribution < -0.4 is 10.2 Å². The number of nitrogens with zero attached hydrogens (tertiary/aromatic N) is 6. The molecule has 38 heavy (non-hydrogen) atoms. The summed E-state index contributed by atoms with van der Waals surface area (Å²) in [7, 11) is 0. The fraction of sp³-hybridized carbons (Fsp3) is 0.600. The van der Waals surface area contributed by atoms with Crippen molar-refractivity contribution in [1.29, 1.82) is 0 Å². The van der Waals surface area contributed by atoms with Crippen LogP contribution in [0.4, 0.5) is 5.82 Å². The van der Waals surface area contributed by atoms with Crippen molar-refractivity contribution in [3.05, 3.63) is 47.5 Å². The van der Waals surface area contributed by atoms with Gasteiger partial charge < -0.3 is 14.8 Å². The number of anilines is 1. The SMILES string of the molecule is Cc1cccc(CN2CCC(CNC(=O)C3CCCN(c4ncnc5c4nc4n5CCCCC4)C3)CC2)c1.